The van der Waals surface area contributed by atoms with Gasteiger partial charge >= 0.3 is 0 Å². The van der Waals surface area contributed by atoms with Crippen LogP contribution in [0.4, 0.5) is 11.4 Å². The Morgan fingerprint density at radius 1 is 1.53 bits per heavy atom. The van der Waals surface area contributed by atoms with Gasteiger partial charge in [-0.1, -0.05) is 6.92 Å². The van der Waals surface area contributed by atoms with Gasteiger partial charge in [0.1, 0.15) is 5.69 Å². The van der Waals surface area contributed by atoms with E-state index in [4.69, 9.17) is 0 Å². The van der Waals surface area contributed by atoms with Crippen molar-refractivity contribution in [3.05, 3.63) is 28.3 Å². The minimum Gasteiger partial charge on any atom is -0.321 e. The highest BCUT2D eigenvalue weighted by molar-refractivity contribution is 7.99. The highest BCUT2D eigenvalue weighted by Crippen LogP contribution is 2.30. The molecule has 0 radical (unpaired) electrons. The first-order valence-corrected chi connectivity index (χ1v) is 6.22. The number of carbonyl (C=O) groups is 1. The molecule has 0 atom stereocenters. The third-order valence-corrected chi connectivity index (χ3v) is 3.15. The zero-order valence-corrected chi connectivity index (χ0v) is 10.5. The smallest absolute Gasteiger partial charge is 0.293 e. The van der Waals surface area contributed by atoms with Crippen LogP contribution in [-0.2, 0) is 4.79 Å². The summed E-state index contributed by atoms with van der Waals surface area (Å²) in [4.78, 5) is 22.1. The highest BCUT2D eigenvalue weighted by Gasteiger charge is 2.15. The van der Waals surface area contributed by atoms with Crippen LogP contribution in [0, 0.1) is 10.1 Å². The molecule has 0 bridgehead atoms. The molecule has 0 saturated carbocycles. The molecule has 1 aromatic rings. The van der Waals surface area contributed by atoms with Crippen LogP contribution in [-0.4, -0.2) is 16.6 Å². The number of anilines is 1. The number of hydrogen-bond donors (Lipinski definition) is 1. The maximum Gasteiger partial charge on any atom is 0.293 e. The molecule has 5 nitrogen and oxygen atoms in total. The SMILES string of the molecule is CCCSc1ccc(NC(C)=O)c([N+](=O)[O-])c1. The van der Waals surface area contributed by atoms with Crippen LogP contribution >= 0.6 is 11.8 Å². The standard InChI is InChI=1S/C11H14N2O3S/c1-3-6-17-9-4-5-10(12-8(2)14)11(7-9)13(15)16/h4-5,7H,3,6H2,1-2H3,(H,12,14). The molecule has 0 aliphatic heterocycles. The van der Waals surface area contributed by atoms with E-state index in [0.717, 1.165) is 17.1 Å². The molecule has 0 heterocycles. The summed E-state index contributed by atoms with van der Waals surface area (Å²) in [5.74, 6) is 0.596. The van der Waals surface area contributed by atoms with Gasteiger partial charge in [-0.05, 0) is 24.3 Å². The summed E-state index contributed by atoms with van der Waals surface area (Å²) in [7, 11) is 0. The molecule has 0 aliphatic carbocycles. The molecule has 0 aliphatic rings. The number of nitrogens with zero attached hydrogens (tertiary/aromatic N) is 1. The minimum atomic E-state index is -0.485. The predicted octanol–water partition coefficient (Wildman–Crippen LogP) is 3.06. The number of rotatable bonds is 5. The number of nitro benzene ring substituents is 1. The fourth-order valence-electron chi connectivity index (χ4n) is 1.27. The van der Waals surface area contributed by atoms with Gasteiger partial charge in [-0.3, -0.25) is 14.9 Å². The Bertz CT molecular complexity index is 435. The van der Waals surface area contributed by atoms with Crippen molar-refractivity contribution in [3.8, 4) is 0 Å². The van der Waals surface area contributed by atoms with Crippen molar-refractivity contribution in [3.63, 3.8) is 0 Å². The molecule has 1 aromatic carbocycles. The number of benzene rings is 1. The number of carbonyl (C=O) groups excluding carboxylic acids is 1. The Hall–Kier alpha value is -1.56. The van der Waals surface area contributed by atoms with E-state index < -0.39 is 4.92 Å². The van der Waals surface area contributed by atoms with Crippen molar-refractivity contribution in [1.29, 1.82) is 0 Å². The maximum atomic E-state index is 10.9. The average molecular weight is 254 g/mol. The largest absolute Gasteiger partial charge is 0.321 e. The van der Waals surface area contributed by atoms with E-state index in [1.54, 1.807) is 23.9 Å². The van der Waals surface area contributed by atoms with Crippen LogP contribution in [0.25, 0.3) is 0 Å². The first kappa shape index (κ1) is 13.5. The zero-order chi connectivity index (χ0) is 12.8. The number of nitro groups is 1. The molecule has 1 rings (SSSR count). The molecular weight excluding hydrogens is 240 g/mol. The molecule has 6 heteroatoms. The quantitative estimate of drug-likeness (QED) is 0.498. The molecular formula is C11H14N2O3S. The van der Waals surface area contributed by atoms with Crippen molar-refractivity contribution < 1.29 is 9.72 Å². The maximum absolute atomic E-state index is 10.9. The second kappa shape index (κ2) is 6.24. The minimum absolute atomic E-state index is 0.0682. The second-order valence-corrected chi connectivity index (χ2v) is 4.63. The van der Waals surface area contributed by atoms with Gasteiger partial charge < -0.3 is 5.32 Å². The number of nitrogens with one attached hydrogen (secondary N) is 1. The topological polar surface area (TPSA) is 72.2 Å². The Balaban J connectivity index is 2.99. The molecule has 1 amide bonds. The van der Waals surface area contributed by atoms with Gasteiger partial charge in [0.25, 0.3) is 5.69 Å². The summed E-state index contributed by atoms with van der Waals surface area (Å²) in [5.41, 5.74) is 0.171. The lowest BCUT2D eigenvalue weighted by atomic mass is 10.2. The number of hydrogen-bond acceptors (Lipinski definition) is 4. The molecule has 17 heavy (non-hydrogen) atoms. The van der Waals surface area contributed by atoms with E-state index in [-0.39, 0.29) is 17.3 Å². The van der Waals surface area contributed by atoms with E-state index >= 15 is 0 Å². The number of amides is 1. The molecule has 0 aromatic heterocycles. The lowest BCUT2D eigenvalue weighted by Gasteiger charge is -2.05. The Labute approximate surface area is 104 Å². The van der Waals surface area contributed by atoms with Gasteiger partial charge in [-0.15, -0.1) is 11.8 Å². The van der Waals surface area contributed by atoms with E-state index in [0.29, 0.717) is 0 Å². The third kappa shape index (κ3) is 4.07. The molecule has 0 fully saturated rings. The van der Waals surface area contributed by atoms with Crippen LogP contribution in [0.2, 0.25) is 0 Å². The van der Waals surface area contributed by atoms with Crippen molar-refractivity contribution >= 4 is 29.0 Å². The summed E-state index contributed by atoms with van der Waals surface area (Å²) in [6.07, 6.45) is 1.01. The van der Waals surface area contributed by atoms with E-state index in [2.05, 4.69) is 5.32 Å². The normalized spacial score (nSPS) is 10.0. The van der Waals surface area contributed by atoms with Crippen molar-refractivity contribution in [1.82, 2.24) is 0 Å². The predicted molar refractivity (Wildman–Crippen MR) is 68.4 cm³/mol. The molecule has 0 spiro atoms. The molecule has 0 unspecified atom stereocenters. The van der Waals surface area contributed by atoms with Crippen molar-refractivity contribution in [2.45, 2.75) is 25.2 Å². The molecule has 1 N–H and O–H groups in total. The van der Waals surface area contributed by atoms with Gasteiger partial charge in [-0.25, -0.2) is 0 Å². The summed E-state index contributed by atoms with van der Waals surface area (Å²) in [6.45, 7) is 3.37. The molecule has 0 saturated heterocycles. The summed E-state index contributed by atoms with van der Waals surface area (Å²) < 4.78 is 0. The van der Waals surface area contributed by atoms with Crippen molar-refractivity contribution in [2.24, 2.45) is 0 Å². The fourth-order valence-corrected chi connectivity index (χ4v) is 2.07. The van der Waals surface area contributed by atoms with Crippen molar-refractivity contribution in [2.75, 3.05) is 11.1 Å². The van der Waals surface area contributed by atoms with E-state index in [1.165, 1.54) is 13.0 Å². The third-order valence-electron chi connectivity index (χ3n) is 1.95. The van der Waals surface area contributed by atoms with Crippen LogP contribution in [0.1, 0.15) is 20.3 Å². The van der Waals surface area contributed by atoms with Crippen LogP contribution < -0.4 is 5.32 Å². The monoisotopic (exact) mass is 254 g/mol. The van der Waals surface area contributed by atoms with E-state index in [9.17, 15) is 14.9 Å². The first-order chi connectivity index (χ1) is 8.04. The second-order valence-electron chi connectivity index (χ2n) is 3.47. The summed E-state index contributed by atoms with van der Waals surface area (Å²) in [6, 6.07) is 4.84. The number of thioether (sulfide) groups is 1. The van der Waals surface area contributed by atoms with Crippen LogP contribution in [0.3, 0.4) is 0 Å². The lowest BCUT2D eigenvalue weighted by molar-refractivity contribution is -0.384. The Morgan fingerprint density at radius 2 is 2.24 bits per heavy atom. The Morgan fingerprint density at radius 3 is 2.76 bits per heavy atom. The lowest BCUT2D eigenvalue weighted by Crippen LogP contribution is -2.07. The zero-order valence-electron chi connectivity index (χ0n) is 9.73. The van der Waals surface area contributed by atoms with Crippen LogP contribution in [0.15, 0.2) is 23.1 Å². The van der Waals surface area contributed by atoms with Gasteiger partial charge in [0.15, 0.2) is 0 Å². The molecule has 92 valence electrons. The first-order valence-electron chi connectivity index (χ1n) is 5.23. The van der Waals surface area contributed by atoms with Gasteiger partial charge in [0.2, 0.25) is 5.91 Å². The highest BCUT2D eigenvalue weighted by atomic mass is 32.2. The summed E-state index contributed by atoms with van der Waals surface area (Å²) >= 11 is 1.56. The Kier molecular flexibility index (Phi) is 4.96. The van der Waals surface area contributed by atoms with Gasteiger partial charge in [0.05, 0.1) is 4.92 Å². The van der Waals surface area contributed by atoms with Crippen LogP contribution in [0.5, 0.6) is 0 Å². The fraction of sp³-hybridized carbons (Fsp3) is 0.364. The van der Waals surface area contributed by atoms with E-state index in [1.807, 2.05) is 6.92 Å². The summed E-state index contributed by atoms with van der Waals surface area (Å²) in [5, 5.41) is 13.3. The van der Waals surface area contributed by atoms with Gasteiger partial charge in [-0.2, -0.15) is 0 Å². The van der Waals surface area contributed by atoms with Gasteiger partial charge in [0, 0.05) is 17.9 Å². The average Bonchev–Trinajstić information content (AvgIpc) is 2.26.